The van der Waals surface area contributed by atoms with E-state index in [1.54, 1.807) is 0 Å². The number of anilines is 1. The van der Waals surface area contributed by atoms with Crippen LogP contribution in [0.25, 0.3) is 10.9 Å². The van der Waals surface area contributed by atoms with Crippen LogP contribution in [0, 0.1) is 0 Å². The first-order chi connectivity index (χ1) is 7.77. The van der Waals surface area contributed by atoms with Gasteiger partial charge in [0.05, 0.1) is 11.2 Å². The highest BCUT2D eigenvalue weighted by molar-refractivity contribution is 5.94. The molecule has 1 aromatic carbocycles. The van der Waals surface area contributed by atoms with Crippen LogP contribution in [0.4, 0.5) is 5.69 Å². The maximum absolute atomic E-state index is 4.77. The van der Waals surface area contributed by atoms with Gasteiger partial charge in [-0.3, -0.25) is 4.98 Å². The first kappa shape index (κ1) is 9.64. The second-order valence-corrected chi connectivity index (χ2v) is 4.65. The topological polar surface area (TPSA) is 16.1 Å². The Kier molecular flexibility index (Phi) is 2.10. The molecular formula is C14H16N2. The van der Waals surface area contributed by atoms with Crippen LogP contribution in [-0.4, -0.2) is 19.1 Å². The highest BCUT2D eigenvalue weighted by Gasteiger charge is 2.20. The number of rotatable bonds is 1. The molecule has 0 amide bonds. The number of para-hydroxylation sites is 1. The van der Waals surface area contributed by atoms with Crippen LogP contribution in [0.5, 0.6) is 0 Å². The zero-order valence-electron chi connectivity index (χ0n) is 9.83. The summed E-state index contributed by atoms with van der Waals surface area (Å²) in [7, 11) is 4.25. The summed E-state index contributed by atoms with van der Waals surface area (Å²) in [6, 6.07) is 8.45. The van der Waals surface area contributed by atoms with E-state index < -0.39 is 0 Å². The average Bonchev–Trinajstić information content (AvgIpc) is 2.72. The molecule has 0 saturated carbocycles. The van der Waals surface area contributed by atoms with E-state index in [0.717, 1.165) is 11.9 Å². The van der Waals surface area contributed by atoms with E-state index in [0.29, 0.717) is 0 Å². The Balaban J connectivity index is 2.41. The fraction of sp³-hybridized carbons (Fsp3) is 0.357. The molecule has 3 rings (SSSR count). The highest BCUT2D eigenvalue weighted by atomic mass is 15.1. The Hall–Kier alpha value is -1.57. The molecule has 0 bridgehead atoms. The molecule has 0 radical (unpaired) electrons. The minimum atomic E-state index is 1.13. The first-order valence-corrected chi connectivity index (χ1v) is 5.85. The molecule has 1 heterocycles. The molecule has 2 aromatic rings. The van der Waals surface area contributed by atoms with E-state index >= 15 is 0 Å². The maximum atomic E-state index is 4.77. The third kappa shape index (κ3) is 1.29. The quantitative estimate of drug-likeness (QED) is 0.722. The minimum Gasteiger partial charge on any atom is -0.377 e. The van der Waals surface area contributed by atoms with Crippen molar-refractivity contribution in [2.24, 2.45) is 0 Å². The van der Waals surface area contributed by atoms with Crippen LogP contribution in [0.15, 0.2) is 24.3 Å². The molecule has 1 aromatic heterocycles. The lowest BCUT2D eigenvalue weighted by atomic mass is 10.1. The lowest BCUT2D eigenvalue weighted by Gasteiger charge is -2.19. The van der Waals surface area contributed by atoms with Crippen molar-refractivity contribution in [3.05, 3.63) is 35.5 Å². The molecule has 0 N–H and O–H groups in total. The van der Waals surface area contributed by atoms with Gasteiger partial charge in [-0.15, -0.1) is 0 Å². The summed E-state index contributed by atoms with van der Waals surface area (Å²) in [5.74, 6) is 0. The normalized spacial score (nSPS) is 14.1. The molecule has 0 atom stereocenters. The van der Waals surface area contributed by atoms with Crippen LogP contribution in [0.2, 0.25) is 0 Å². The van der Waals surface area contributed by atoms with Crippen LogP contribution in [0.3, 0.4) is 0 Å². The summed E-state index contributed by atoms with van der Waals surface area (Å²) >= 11 is 0. The number of hydrogen-bond acceptors (Lipinski definition) is 2. The summed E-state index contributed by atoms with van der Waals surface area (Å²) in [5.41, 5.74) is 5.27. The van der Waals surface area contributed by atoms with Crippen LogP contribution in [-0.2, 0) is 12.8 Å². The van der Waals surface area contributed by atoms with Gasteiger partial charge in [-0.1, -0.05) is 18.2 Å². The lowest BCUT2D eigenvalue weighted by molar-refractivity contribution is 0.900. The second-order valence-electron chi connectivity index (χ2n) is 4.65. The van der Waals surface area contributed by atoms with Crippen LogP contribution in [0.1, 0.15) is 17.7 Å². The third-order valence-corrected chi connectivity index (χ3v) is 3.34. The van der Waals surface area contributed by atoms with Gasteiger partial charge < -0.3 is 4.90 Å². The molecule has 2 heteroatoms. The molecule has 0 fully saturated rings. The summed E-state index contributed by atoms with van der Waals surface area (Å²) in [6.07, 6.45) is 3.57. The number of aryl methyl sites for hydroxylation is 1. The van der Waals surface area contributed by atoms with Crippen molar-refractivity contribution in [3.8, 4) is 0 Å². The number of benzene rings is 1. The zero-order chi connectivity index (χ0) is 11.1. The van der Waals surface area contributed by atoms with Crippen molar-refractivity contribution in [3.63, 3.8) is 0 Å². The van der Waals surface area contributed by atoms with Crippen molar-refractivity contribution in [2.75, 3.05) is 19.0 Å². The van der Waals surface area contributed by atoms with Crippen molar-refractivity contribution < 1.29 is 0 Å². The fourth-order valence-electron chi connectivity index (χ4n) is 2.70. The smallest absolute Gasteiger partial charge is 0.0726 e. The molecule has 1 aliphatic rings. The summed E-state index contributed by atoms with van der Waals surface area (Å²) in [5, 5.41) is 1.29. The highest BCUT2D eigenvalue weighted by Crippen LogP contribution is 2.35. The molecule has 16 heavy (non-hydrogen) atoms. The van der Waals surface area contributed by atoms with Crippen molar-refractivity contribution in [1.82, 2.24) is 4.98 Å². The van der Waals surface area contributed by atoms with Gasteiger partial charge >= 0.3 is 0 Å². The van der Waals surface area contributed by atoms with Crippen molar-refractivity contribution >= 4 is 16.6 Å². The second kappa shape index (κ2) is 3.48. The number of fused-ring (bicyclic) bond motifs is 2. The number of hydrogen-bond donors (Lipinski definition) is 0. The fourth-order valence-corrected chi connectivity index (χ4v) is 2.70. The molecule has 82 valence electrons. The molecule has 0 saturated heterocycles. The molecule has 0 aliphatic heterocycles. The number of aromatic nitrogens is 1. The first-order valence-electron chi connectivity index (χ1n) is 5.85. The molecule has 1 aliphatic carbocycles. The summed E-state index contributed by atoms with van der Waals surface area (Å²) in [4.78, 5) is 7.00. The standard InChI is InChI=1S/C14H16N2/c1-16(2)14-10-6-3-4-8-12(10)15-13-9-5-7-11(13)14/h3-4,6,8H,5,7,9H2,1-2H3. The van der Waals surface area contributed by atoms with Gasteiger partial charge in [-0.2, -0.15) is 0 Å². The van der Waals surface area contributed by atoms with Crippen molar-refractivity contribution in [1.29, 1.82) is 0 Å². The minimum absolute atomic E-state index is 1.13. The van der Waals surface area contributed by atoms with Gasteiger partial charge in [0.15, 0.2) is 0 Å². The molecule has 2 nitrogen and oxygen atoms in total. The van der Waals surface area contributed by atoms with E-state index in [4.69, 9.17) is 4.98 Å². The molecular weight excluding hydrogens is 196 g/mol. The predicted octanol–water partition coefficient (Wildman–Crippen LogP) is 2.79. The van der Waals surface area contributed by atoms with Crippen LogP contribution >= 0.6 is 0 Å². The monoisotopic (exact) mass is 212 g/mol. The van der Waals surface area contributed by atoms with E-state index in [1.807, 2.05) is 0 Å². The Morgan fingerprint density at radius 1 is 1.12 bits per heavy atom. The van der Waals surface area contributed by atoms with E-state index in [1.165, 1.54) is 35.2 Å². The molecule has 0 unspecified atom stereocenters. The summed E-state index contributed by atoms with van der Waals surface area (Å²) in [6.45, 7) is 0. The van der Waals surface area contributed by atoms with Gasteiger partial charge in [0.1, 0.15) is 0 Å². The third-order valence-electron chi connectivity index (χ3n) is 3.34. The maximum Gasteiger partial charge on any atom is 0.0726 e. The Bertz CT molecular complexity index is 544. The SMILES string of the molecule is CN(C)c1c2c(nc3ccccc13)CCC2. The Morgan fingerprint density at radius 3 is 2.75 bits per heavy atom. The van der Waals surface area contributed by atoms with Gasteiger partial charge in [0, 0.05) is 25.2 Å². The lowest BCUT2D eigenvalue weighted by Crippen LogP contribution is -2.12. The zero-order valence-corrected chi connectivity index (χ0v) is 9.83. The Labute approximate surface area is 95.9 Å². The van der Waals surface area contributed by atoms with Crippen LogP contribution < -0.4 is 4.90 Å². The van der Waals surface area contributed by atoms with E-state index in [9.17, 15) is 0 Å². The summed E-state index contributed by atoms with van der Waals surface area (Å²) < 4.78 is 0. The largest absolute Gasteiger partial charge is 0.377 e. The number of pyridine rings is 1. The number of nitrogens with zero attached hydrogens (tertiary/aromatic N) is 2. The predicted molar refractivity (Wildman–Crippen MR) is 68.1 cm³/mol. The molecule has 0 spiro atoms. The van der Waals surface area contributed by atoms with Gasteiger partial charge in [0.2, 0.25) is 0 Å². The van der Waals surface area contributed by atoms with Gasteiger partial charge in [0.25, 0.3) is 0 Å². The van der Waals surface area contributed by atoms with E-state index in [2.05, 4.69) is 43.3 Å². The average molecular weight is 212 g/mol. The van der Waals surface area contributed by atoms with Crippen molar-refractivity contribution in [2.45, 2.75) is 19.3 Å². The van der Waals surface area contributed by atoms with E-state index in [-0.39, 0.29) is 0 Å². The van der Waals surface area contributed by atoms with Gasteiger partial charge in [-0.05, 0) is 30.9 Å². The van der Waals surface area contributed by atoms with Gasteiger partial charge in [-0.25, -0.2) is 0 Å². The Morgan fingerprint density at radius 2 is 1.94 bits per heavy atom.